The molecule has 2 aliphatic rings. The number of β-amino-alcohol motifs (C(OH)–C–C–N with tert-alkyl or cyclic N) is 1. The average molecular weight is 368 g/mol. The number of nitrogens with zero attached hydrogens (tertiary/aromatic N) is 2. The lowest BCUT2D eigenvalue weighted by molar-refractivity contribution is -0.135. The molecule has 4 rings (SSSR count). The second-order valence-electron chi connectivity index (χ2n) is 7.69. The van der Waals surface area contributed by atoms with Gasteiger partial charge in [-0.05, 0) is 24.5 Å². The molecule has 1 atom stereocenters. The Labute approximate surface area is 159 Å². The summed E-state index contributed by atoms with van der Waals surface area (Å²) < 4.78 is 14.3. The van der Waals surface area contributed by atoms with Crippen LogP contribution in [0.5, 0.6) is 0 Å². The molecule has 0 unspecified atom stereocenters. The molecule has 2 fully saturated rings. The summed E-state index contributed by atoms with van der Waals surface area (Å²) in [6.07, 6.45) is 0.747. The van der Waals surface area contributed by atoms with Gasteiger partial charge >= 0.3 is 0 Å². The third kappa shape index (κ3) is 3.75. The number of hydrogen-bond donors (Lipinski definition) is 1. The van der Waals surface area contributed by atoms with E-state index in [0.717, 1.165) is 6.54 Å². The zero-order valence-electron chi connectivity index (χ0n) is 15.4. The van der Waals surface area contributed by atoms with Crippen molar-refractivity contribution in [3.05, 3.63) is 71.5 Å². The highest BCUT2D eigenvalue weighted by Gasteiger charge is 2.54. The lowest BCUT2D eigenvalue weighted by Gasteiger charge is -2.27. The van der Waals surface area contributed by atoms with Gasteiger partial charge in [0.1, 0.15) is 5.82 Å². The van der Waals surface area contributed by atoms with E-state index >= 15 is 0 Å². The van der Waals surface area contributed by atoms with Gasteiger partial charge in [-0.2, -0.15) is 0 Å². The van der Waals surface area contributed by atoms with E-state index < -0.39 is 11.5 Å². The van der Waals surface area contributed by atoms with Gasteiger partial charge in [0.2, 0.25) is 5.91 Å². The maximum absolute atomic E-state index is 14.3. The molecule has 1 heterocycles. The van der Waals surface area contributed by atoms with E-state index in [0.29, 0.717) is 44.6 Å². The second-order valence-corrected chi connectivity index (χ2v) is 7.69. The standard InChI is InChI=1S/C22H25FN2O2/c23-20-9-5-4-8-19(20)22(10-11-22)21(27)25-13-12-24(15-18(26)16-25)14-17-6-2-1-3-7-17/h1-9,18,26H,10-16H2/t18-/m0/s1. The lowest BCUT2D eigenvalue weighted by atomic mass is 9.93. The van der Waals surface area contributed by atoms with Crippen LogP contribution in [0.4, 0.5) is 4.39 Å². The van der Waals surface area contributed by atoms with Gasteiger partial charge in [0.05, 0.1) is 11.5 Å². The molecule has 1 saturated heterocycles. The van der Waals surface area contributed by atoms with Gasteiger partial charge in [0.15, 0.2) is 0 Å². The summed E-state index contributed by atoms with van der Waals surface area (Å²) in [5, 5.41) is 10.5. The molecule has 4 nitrogen and oxygen atoms in total. The zero-order chi connectivity index (χ0) is 18.9. The molecule has 0 aromatic heterocycles. The Bertz CT molecular complexity index is 807. The first-order valence-electron chi connectivity index (χ1n) is 9.57. The summed E-state index contributed by atoms with van der Waals surface area (Å²) >= 11 is 0. The Morgan fingerprint density at radius 1 is 1.04 bits per heavy atom. The van der Waals surface area contributed by atoms with Crippen molar-refractivity contribution in [1.29, 1.82) is 0 Å². The normalized spacial score (nSPS) is 22.3. The predicted octanol–water partition coefficient (Wildman–Crippen LogP) is 2.56. The van der Waals surface area contributed by atoms with Crippen molar-refractivity contribution in [1.82, 2.24) is 9.80 Å². The van der Waals surface area contributed by atoms with Gasteiger partial charge in [-0.15, -0.1) is 0 Å². The zero-order valence-corrected chi connectivity index (χ0v) is 15.4. The maximum atomic E-state index is 14.3. The number of rotatable bonds is 4. The largest absolute Gasteiger partial charge is 0.390 e. The van der Waals surface area contributed by atoms with Crippen LogP contribution in [0.1, 0.15) is 24.0 Å². The van der Waals surface area contributed by atoms with E-state index in [1.54, 1.807) is 23.1 Å². The molecule has 2 aromatic carbocycles. The molecule has 1 saturated carbocycles. The Morgan fingerprint density at radius 3 is 2.44 bits per heavy atom. The topological polar surface area (TPSA) is 43.8 Å². The monoisotopic (exact) mass is 368 g/mol. The maximum Gasteiger partial charge on any atom is 0.233 e. The van der Waals surface area contributed by atoms with E-state index in [1.807, 2.05) is 18.2 Å². The SMILES string of the molecule is O=C(N1CCN(Cc2ccccc2)C[C@H](O)C1)C1(c2ccccc2F)CC1. The van der Waals surface area contributed by atoms with Gasteiger partial charge in [-0.1, -0.05) is 48.5 Å². The van der Waals surface area contributed by atoms with Crippen LogP contribution in [-0.2, 0) is 16.8 Å². The summed E-state index contributed by atoms with van der Waals surface area (Å²) in [6, 6.07) is 16.7. The number of benzene rings is 2. The van der Waals surface area contributed by atoms with E-state index in [-0.39, 0.29) is 11.7 Å². The molecule has 1 N–H and O–H groups in total. The molecular formula is C22H25FN2O2. The number of hydrogen-bond acceptors (Lipinski definition) is 3. The van der Waals surface area contributed by atoms with Gasteiger partial charge in [-0.25, -0.2) is 4.39 Å². The van der Waals surface area contributed by atoms with Gasteiger partial charge in [0.25, 0.3) is 0 Å². The van der Waals surface area contributed by atoms with Gasteiger partial charge in [0, 0.05) is 38.3 Å². The second kappa shape index (κ2) is 7.41. The highest BCUT2D eigenvalue weighted by molar-refractivity contribution is 5.91. The van der Waals surface area contributed by atoms with Crippen LogP contribution < -0.4 is 0 Å². The molecule has 1 amide bonds. The molecule has 142 valence electrons. The Balaban J connectivity index is 1.47. The van der Waals surface area contributed by atoms with Crippen molar-refractivity contribution in [2.45, 2.75) is 30.9 Å². The molecular weight excluding hydrogens is 343 g/mol. The number of amides is 1. The van der Waals surface area contributed by atoms with E-state index in [1.165, 1.54) is 11.6 Å². The minimum absolute atomic E-state index is 0.0480. The number of carbonyl (C=O) groups is 1. The van der Waals surface area contributed by atoms with Crippen LogP contribution in [0.3, 0.4) is 0 Å². The fraction of sp³-hybridized carbons (Fsp3) is 0.409. The van der Waals surface area contributed by atoms with E-state index in [2.05, 4.69) is 17.0 Å². The quantitative estimate of drug-likeness (QED) is 0.902. The Kier molecular flexibility index (Phi) is 4.98. The minimum Gasteiger partial charge on any atom is -0.390 e. The molecule has 5 heteroatoms. The summed E-state index contributed by atoms with van der Waals surface area (Å²) in [6.45, 7) is 2.84. The van der Waals surface area contributed by atoms with Crippen LogP contribution in [0.15, 0.2) is 54.6 Å². The van der Waals surface area contributed by atoms with Crippen LogP contribution in [-0.4, -0.2) is 53.1 Å². The number of aliphatic hydroxyl groups is 1. The van der Waals surface area contributed by atoms with Crippen LogP contribution >= 0.6 is 0 Å². The van der Waals surface area contributed by atoms with Crippen LogP contribution in [0.2, 0.25) is 0 Å². The minimum atomic E-state index is -0.736. The molecule has 0 bridgehead atoms. The van der Waals surface area contributed by atoms with Crippen molar-refractivity contribution in [3.8, 4) is 0 Å². The van der Waals surface area contributed by atoms with Crippen LogP contribution in [0, 0.1) is 5.82 Å². The summed E-state index contributed by atoms with van der Waals surface area (Å²) in [7, 11) is 0. The summed E-state index contributed by atoms with van der Waals surface area (Å²) in [5.74, 6) is -0.363. The number of carbonyl (C=O) groups excluding carboxylic acids is 1. The fourth-order valence-electron chi connectivity index (χ4n) is 4.10. The third-order valence-corrected chi connectivity index (χ3v) is 5.67. The first-order chi connectivity index (χ1) is 13.1. The number of halogens is 1. The van der Waals surface area contributed by atoms with E-state index in [9.17, 15) is 14.3 Å². The fourth-order valence-corrected chi connectivity index (χ4v) is 4.10. The first kappa shape index (κ1) is 18.1. The average Bonchev–Trinajstić information content (AvgIpc) is 3.48. The van der Waals surface area contributed by atoms with Gasteiger partial charge in [-0.3, -0.25) is 9.69 Å². The van der Waals surface area contributed by atoms with Crippen molar-refractivity contribution >= 4 is 5.91 Å². The summed E-state index contributed by atoms with van der Waals surface area (Å²) in [4.78, 5) is 17.1. The highest BCUT2D eigenvalue weighted by Crippen LogP contribution is 2.50. The molecule has 2 aromatic rings. The van der Waals surface area contributed by atoms with Crippen molar-refractivity contribution < 1.29 is 14.3 Å². The molecule has 1 aliphatic carbocycles. The molecule has 0 radical (unpaired) electrons. The smallest absolute Gasteiger partial charge is 0.233 e. The first-order valence-corrected chi connectivity index (χ1v) is 9.57. The Hall–Kier alpha value is -2.24. The number of aliphatic hydroxyl groups excluding tert-OH is 1. The van der Waals surface area contributed by atoms with Crippen molar-refractivity contribution in [2.24, 2.45) is 0 Å². The van der Waals surface area contributed by atoms with Crippen LogP contribution in [0.25, 0.3) is 0 Å². The Morgan fingerprint density at radius 2 is 1.74 bits per heavy atom. The molecule has 0 spiro atoms. The molecule has 1 aliphatic heterocycles. The highest BCUT2D eigenvalue weighted by atomic mass is 19.1. The molecule has 27 heavy (non-hydrogen) atoms. The summed E-state index contributed by atoms with van der Waals surface area (Å²) in [5.41, 5.74) is 0.948. The van der Waals surface area contributed by atoms with Crippen molar-refractivity contribution in [2.75, 3.05) is 26.2 Å². The third-order valence-electron chi connectivity index (χ3n) is 5.67. The van der Waals surface area contributed by atoms with Gasteiger partial charge < -0.3 is 10.0 Å². The van der Waals surface area contributed by atoms with E-state index in [4.69, 9.17) is 0 Å². The predicted molar refractivity (Wildman–Crippen MR) is 102 cm³/mol. The lowest BCUT2D eigenvalue weighted by Crippen LogP contribution is -2.43. The van der Waals surface area contributed by atoms with Crippen molar-refractivity contribution in [3.63, 3.8) is 0 Å².